The number of carboxylic acids is 1. The molecule has 2 nitrogen and oxygen atoms in total. The van der Waals surface area contributed by atoms with Gasteiger partial charge in [0.25, 0.3) is 0 Å². The number of thioether (sulfide) groups is 1. The molecule has 2 fully saturated rings. The van der Waals surface area contributed by atoms with Crippen LogP contribution >= 0.6 is 11.8 Å². The maximum Gasteiger partial charge on any atom is 0.356 e. The molecule has 1 aliphatic heterocycles. The third kappa shape index (κ3) is 1.59. The molecule has 0 aromatic heterocycles. The largest absolute Gasteiger partial charge is 0.481 e. The highest BCUT2D eigenvalue weighted by Crippen LogP contribution is 2.62. The molecule has 1 saturated heterocycles. The molecule has 7 heteroatoms. The van der Waals surface area contributed by atoms with Gasteiger partial charge in [-0.25, -0.2) is 0 Å². The Labute approximate surface area is 93.4 Å². The van der Waals surface area contributed by atoms with Crippen LogP contribution in [0.25, 0.3) is 0 Å². The van der Waals surface area contributed by atoms with Gasteiger partial charge in [0.1, 0.15) is 0 Å². The van der Waals surface area contributed by atoms with Crippen molar-refractivity contribution in [1.82, 2.24) is 0 Å². The number of aliphatic carboxylic acids is 1. The van der Waals surface area contributed by atoms with Gasteiger partial charge in [-0.1, -0.05) is 11.8 Å². The predicted octanol–water partition coefficient (Wildman–Crippen LogP) is 2.83. The van der Waals surface area contributed by atoms with Crippen LogP contribution in [0.4, 0.5) is 17.6 Å². The number of fused-ring (bicyclic) bond motifs is 1. The molecule has 1 heterocycles. The third-order valence-corrected chi connectivity index (χ3v) is 4.72. The standard InChI is InChI=1S/C9H10F4O2S/c10-8(11)5-3-4(7(14)15)1-2-6(5)16-9(8,12)13/h4-6H,1-3H2,(H,14,15)/t4-,5-,6-/m1/s1. The highest BCUT2D eigenvalue weighted by Gasteiger charge is 2.70. The number of carboxylic acid groups (broad SMARTS) is 1. The second kappa shape index (κ2) is 3.51. The average molecular weight is 258 g/mol. The van der Waals surface area contributed by atoms with E-state index in [1.807, 2.05) is 0 Å². The molecule has 0 unspecified atom stereocenters. The van der Waals surface area contributed by atoms with Gasteiger partial charge in [-0.15, -0.1) is 0 Å². The lowest BCUT2D eigenvalue weighted by Crippen LogP contribution is -2.42. The van der Waals surface area contributed by atoms with E-state index in [0.29, 0.717) is 0 Å². The van der Waals surface area contributed by atoms with Crippen molar-refractivity contribution in [2.75, 3.05) is 0 Å². The van der Waals surface area contributed by atoms with E-state index in [2.05, 4.69) is 0 Å². The number of rotatable bonds is 1. The van der Waals surface area contributed by atoms with E-state index in [4.69, 9.17) is 5.11 Å². The number of hydrogen-bond acceptors (Lipinski definition) is 2. The normalized spacial score (nSPS) is 40.4. The van der Waals surface area contributed by atoms with E-state index in [-0.39, 0.29) is 31.0 Å². The van der Waals surface area contributed by atoms with Gasteiger partial charge in [-0.05, 0) is 19.3 Å². The van der Waals surface area contributed by atoms with Gasteiger partial charge in [0.15, 0.2) is 0 Å². The lowest BCUT2D eigenvalue weighted by molar-refractivity contribution is -0.182. The predicted molar refractivity (Wildman–Crippen MR) is 49.7 cm³/mol. The zero-order valence-corrected chi connectivity index (χ0v) is 8.95. The maximum absolute atomic E-state index is 13.3. The molecule has 3 atom stereocenters. The quantitative estimate of drug-likeness (QED) is 0.735. The average Bonchev–Trinajstić information content (AvgIpc) is 2.33. The van der Waals surface area contributed by atoms with Crippen LogP contribution in [0, 0.1) is 11.8 Å². The van der Waals surface area contributed by atoms with E-state index in [1.54, 1.807) is 0 Å². The van der Waals surface area contributed by atoms with E-state index >= 15 is 0 Å². The first kappa shape index (κ1) is 12.0. The molecule has 1 saturated carbocycles. The van der Waals surface area contributed by atoms with Crippen molar-refractivity contribution in [2.45, 2.75) is 35.7 Å². The van der Waals surface area contributed by atoms with Crippen molar-refractivity contribution in [3.05, 3.63) is 0 Å². The number of halogens is 4. The first-order chi connectivity index (χ1) is 7.25. The van der Waals surface area contributed by atoms with Crippen LogP contribution in [0.15, 0.2) is 0 Å². The van der Waals surface area contributed by atoms with Crippen molar-refractivity contribution in [2.24, 2.45) is 11.8 Å². The van der Waals surface area contributed by atoms with Gasteiger partial charge >= 0.3 is 17.1 Å². The summed E-state index contributed by atoms with van der Waals surface area (Å²) in [5.41, 5.74) is 0. The topological polar surface area (TPSA) is 37.3 Å². The van der Waals surface area contributed by atoms with Crippen LogP contribution in [-0.2, 0) is 4.79 Å². The Morgan fingerprint density at radius 2 is 1.88 bits per heavy atom. The van der Waals surface area contributed by atoms with Crippen LogP contribution < -0.4 is 0 Å². The Morgan fingerprint density at radius 3 is 2.44 bits per heavy atom. The zero-order valence-electron chi connectivity index (χ0n) is 8.13. The lowest BCUT2D eigenvalue weighted by atomic mass is 9.78. The minimum absolute atomic E-state index is 0.00381. The van der Waals surface area contributed by atoms with Gasteiger partial charge in [0.2, 0.25) is 0 Å². The Balaban J connectivity index is 2.21. The molecule has 0 aromatic carbocycles. The molecule has 0 radical (unpaired) electrons. The van der Waals surface area contributed by atoms with Crippen LogP contribution in [0.5, 0.6) is 0 Å². The number of alkyl halides is 4. The molecule has 0 aromatic rings. The Morgan fingerprint density at radius 1 is 1.25 bits per heavy atom. The Hall–Kier alpha value is -0.460. The second-order valence-electron chi connectivity index (χ2n) is 4.25. The zero-order chi connectivity index (χ0) is 12.1. The number of hydrogen-bond donors (Lipinski definition) is 1. The monoisotopic (exact) mass is 258 g/mol. The van der Waals surface area contributed by atoms with E-state index in [0.717, 1.165) is 0 Å². The van der Waals surface area contributed by atoms with E-state index < -0.39 is 34.2 Å². The molecule has 2 rings (SSSR count). The van der Waals surface area contributed by atoms with Crippen LogP contribution in [0.1, 0.15) is 19.3 Å². The summed E-state index contributed by atoms with van der Waals surface area (Å²) in [4.78, 5) is 10.7. The van der Waals surface area contributed by atoms with Crippen LogP contribution in [-0.4, -0.2) is 27.5 Å². The van der Waals surface area contributed by atoms with Gasteiger partial charge in [-0.3, -0.25) is 4.79 Å². The van der Waals surface area contributed by atoms with E-state index in [1.165, 1.54) is 0 Å². The summed E-state index contributed by atoms with van der Waals surface area (Å²) < 4.78 is 52.7. The Kier molecular flexibility index (Phi) is 2.64. The second-order valence-corrected chi connectivity index (χ2v) is 5.60. The molecule has 0 bridgehead atoms. The molecule has 92 valence electrons. The molecule has 16 heavy (non-hydrogen) atoms. The third-order valence-electron chi connectivity index (χ3n) is 3.29. The van der Waals surface area contributed by atoms with Crippen molar-refractivity contribution in [3.8, 4) is 0 Å². The summed E-state index contributed by atoms with van der Waals surface area (Å²) in [7, 11) is 0. The van der Waals surface area contributed by atoms with Gasteiger partial charge in [0.05, 0.1) is 5.92 Å². The van der Waals surface area contributed by atoms with Gasteiger partial charge in [0, 0.05) is 11.2 Å². The van der Waals surface area contributed by atoms with Crippen LogP contribution in [0.2, 0.25) is 0 Å². The summed E-state index contributed by atoms with van der Waals surface area (Å²) >= 11 is -0.00381. The number of carbonyl (C=O) groups is 1. The fraction of sp³-hybridized carbons (Fsp3) is 0.889. The highest BCUT2D eigenvalue weighted by molar-refractivity contribution is 8.01. The summed E-state index contributed by atoms with van der Waals surface area (Å²) in [5, 5.41) is 3.84. The minimum Gasteiger partial charge on any atom is -0.481 e. The lowest BCUT2D eigenvalue weighted by Gasteiger charge is -2.31. The highest BCUT2D eigenvalue weighted by atomic mass is 32.2. The fourth-order valence-corrected chi connectivity index (χ4v) is 3.76. The van der Waals surface area contributed by atoms with Crippen molar-refractivity contribution in [1.29, 1.82) is 0 Å². The first-order valence-electron chi connectivity index (χ1n) is 4.92. The smallest absolute Gasteiger partial charge is 0.356 e. The molecule has 1 N–H and O–H groups in total. The Bertz CT molecular complexity index is 321. The summed E-state index contributed by atoms with van der Waals surface area (Å²) in [5.74, 6) is -7.69. The summed E-state index contributed by atoms with van der Waals surface area (Å²) in [6.45, 7) is 0. The molecule has 0 amide bonds. The SMILES string of the molecule is O=C(O)[C@@H]1CC[C@H]2SC(F)(F)C(F)(F)[C@@H]2C1. The molecular weight excluding hydrogens is 248 g/mol. The maximum atomic E-state index is 13.3. The van der Waals surface area contributed by atoms with E-state index in [9.17, 15) is 22.4 Å². The molecular formula is C9H10F4O2S. The van der Waals surface area contributed by atoms with Crippen molar-refractivity contribution < 1.29 is 27.5 Å². The summed E-state index contributed by atoms with van der Waals surface area (Å²) in [6, 6.07) is 0. The fourth-order valence-electron chi connectivity index (χ4n) is 2.37. The summed E-state index contributed by atoms with van der Waals surface area (Å²) in [6.07, 6.45) is -0.0251. The minimum atomic E-state index is -4.09. The van der Waals surface area contributed by atoms with Crippen molar-refractivity contribution >= 4 is 17.7 Å². The van der Waals surface area contributed by atoms with Crippen molar-refractivity contribution in [3.63, 3.8) is 0 Å². The molecule has 0 spiro atoms. The molecule has 1 aliphatic carbocycles. The van der Waals surface area contributed by atoms with Crippen LogP contribution in [0.3, 0.4) is 0 Å². The van der Waals surface area contributed by atoms with Gasteiger partial charge in [-0.2, -0.15) is 17.6 Å². The first-order valence-corrected chi connectivity index (χ1v) is 5.80. The van der Waals surface area contributed by atoms with Gasteiger partial charge < -0.3 is 5.11 Å². The molecule has 2 aliphatic rings.